The molecule has 0 N–H and O–H groups in total. The van der Waals surface area contributed by atoms with Crippen LogP contribution in [0.5, 0.6) is 0 Å². The quantitative estimate of drug-likeness (QED) is 0.831. The van der Waals surface area contributed by atoms with Crippen LogP contribution in [0.25, 0.3) is 0 Å². The zero-order valence-electron chi connectivity index (χ0n) is 15.6. The molecule has 1 aromatic carbocycles. The summed E-state index contributed by atoms with van der Waals surface area (Å²) in [5.41, 5.74) is 2.41. The molecule has 0 radical (unpaired) electrons. The van der Waals surface area contributed by atoms with Gasteiger partial charge in [-0.3, -0.25) is 9.69 Å². The number of carbonyl (C=O) groups excluding carboxylic acids is 1. The van der Waals surface area contributed by atoms with E-state index in [0.29, 0.717) is 0 Å². The number of piperidine rings is 2. The molecule has 2 aliphatic rings. The fourth-order valence-corrected chi connectivity index (χ4v) is 4.01. The van der Waals surface area contributed by atoms with Crippen LogP contribution in [0, 0.1) is 11.3 Å². The number of nitrogens with zero attached hydrogens (tertiary/aromatic N) is 2. The summed E-state index contributed by atoms with van der Waals surface area (Å²) in [6.45, 7) is 12.0. The molecular weight excluding hydrogens is 296 g/mol. The predicted octanol–water partition coefficient (Wildman–Crippen LogP) is 4.18. The van der Waals surface area contributed by atoms with Gasteiger partial charge in [-0.1, -0.05) is 32.9 Å². The van der Waals surface area contributed by atoms with Gasteiger partial charge in [0.05, 0.1) is 0 Å². The van der Waals surface area contributed by atoms with Crippen LogP contribution in [0.3, 0.4) is 0 Å². The summed E-state index contributed by atoms with van der Waals surface area (Å²) < 4.78 is 0. The first-order valence-electron chi connectivity index (χ1n) is 9.53. The maximum Gasteiger partial charge on any atom is 0.253 e. The highest BCUT2D eigenvalue weighted by Gasteiger charge is 2.29. The Hall–Kier alpha value is -1.35. The molecule has 2 heterocycles. The normalized spacial score (nSPS) is 22.5. The van der Waals surface area contributed by atoms with Crippen molar-refractivity contribution in [1.29, 1.82) is 0 Å². The third-order valence-corrected chi connectivity index (χ3v) is 5.67. The Labute approximate surface area is 147 Å². The first kappa shape index (κ1) is 17.5. The van der Waals surface area contributed by atoms with Crippen LogP contribution in [0.4, 0.5) is 0 Å². The zero-order valence-corrected chi connectivity index (χ0v) is 15.6. The van der Waals surface area contributed by atoms with Crippen molar-refractivity contribution in [3.8, 4) is 0 Å². The predicted molar refractivity (Wildman–Crippen MR) is 99.0 cm³/mol. The fourth-order valence-electron chi connectivity index (χ4n) is 4.01. The van der Waals surface area contributed by atoms with Crippen molar-refractivity contribution in [2.45, 2.75) is 53.0 Å². The highest BCUT2D eigenvalue weighted by Crippen LogP contribution is 2.29. The summed E-state index contributed by atoms with van der Waals surface area (Å²) in [4.78, 5) is 17.3. The third kappa shape index (κ3) is 4.38. The molecule has 24 heavy (non-hydrogen) atoms. The van der Waals surface area contributed by atoms with Gasteiger partial charge in [-0.15, -0.1) is 0 Å². The Morgan fingerprint density at radius 3 is 2.42 bits per heavy atom. The van der Waals surface area contributed by atoms with E-state index < -0.39 is 0 Å². The maximum atomic E-state index is 12.7. The van der Waals surface area contributed by atoms with Gasteiger partial charge in [0.1, 0.15) is 0 Å². The lowest BCUT2D eigenvalue weighted by atomic mass is 9.84. The van der Waals surface area contributed by atoms with Crippen molar-refractivity contribution >= 4 is 5.91 Å². The summed E-state index contributed by atoms with van der Waals surface area (Å²) in [5, 5.41) is 0. The van der Waals surface area contributed by atoms with E-state index in [1.54, 1.807) is 0 Å². The first-order valence-corrected chi connectivity index (χ1v) is 9.53. The van der Waals surface area contributed by atoms with Crippen LogP contribution < -0.4 is 0 Å². The minimum atomic E-state index is 0.195. The second-order valence-corrected chi connectivity index (χ2v) is 8.65. The minimum absolute atomic E-state index is 0.195. The van der Waals surface area contributed by atoms with E-state index in [-0.39, 0.29) is 11.3 Å². The molecule has 1 amide bonds. The monoisotopic (exact) mass is 328 g/mol. The molecule has 0 aliphatic carbocycles. The molecule has 132 valence electrons. The number of benzene rings is 1. The lowest BCUT2D eigenvalue weighted by Gasteiger charge is -2.38. The number of carbonyl (C=O) groups is 1. The zero-order chi connectivity index (χ0) is 17.2. The van der Waals surface area contributed by atoms with Gasteiger partial charge in [0, 0.05) is 25.2 Å². The van der Waals surface area contributed by atoms with E-state index in [0.717, 1.165) is 37.5 Å². The molecule has 0 bridgehead atoms. The van der Waals surface area contributed by atoms with Gasteiger partial charge in [0.25, 0.3) is 5.91 Å². The SMILES string of the molecule is CC1CCN(Cc2ccc(C(=O)N3CCCC(C)(C)C3)cc2)CC1. The lowest BCUT2D eigenvalue weighted by Crippen LogP contribution is -2.43. The Kier molecular flexibility index (Phi) is 5.29. The topological polar surface area (TPSA) is 23.6 Å². The fraction of sp³-hybridized carbons (Fsp3) is 0.667. The highest BCUT2D eigenvalue weighted by atomic mass is 16.2. The van der Waals surface area contributed by atoms with Crippen molar-refractivity contribution in [1.82, 2.24) is 9.80 Å². The van der Waals surface area contributed by atoms with Crippen LogP contribution >= 0.6 is 0 Å². The molecule has 0 spiro atoms. The van der Waals surface area contributed by atoms with Crippen molar-refractivity contribution in [3.63, 3.8) is 0 Å². The average molecular weight is 329 g/mol. The number of rotatable bonds is 3. The smallest absolute Gasteiger partial charge is 0.253 e. The van der Waals surface area contributed by atoms with Crippen molar-refractivity contribution in [2.75, 3.05) is 26.2 Å². The van der Waals surface area contributed by atoms with E-state index in [2.05, 4.69) is 37.8 Å². The van der Waals surface area contributed by atoms with Crippen LogP contribution in [-0.2, 0) is 6.54 Å². The molecule has 2 saturated heterocycles. The number of likely N-dealkylation sites (tertiary alicyclic amines) is 2. The van der Waals surface area contributed by atoms with Crippen LogP contribution in [-0.4, -0.2) is 41.9 Å². The Balaban J connectivity index is 1.58. The van der Waals surface area contributed by atoms with Gasteiger partial charge in [-0.05, 0) is 67.8 Å². The Bertz CT molecular complexity index is 556. The van der Waals surface area contributed by atoms with Crippen LogP contribution in [0.15, 0.2) is 24.3 Å². The summed E-state index contributed by atoms with van der Waals surface area (Å²) in [6.07, 6.45) is 4.94. The summed E-state index contributed by atoms with van der Waals surface area (Å²) >= 11 is 0. The first-order chi connectivity index (χ1) is 11.4. The molecule has 0 unspecified atom stereocenters. The molecule has 0 atom stereocenters. The molecule has 0 saturated carbocycles. The molecule has 3 rings (SSSR count). The van der Waals surface area contributed by atoms with E-state index in [1.165, 1.54) is 37.9 Å². The molecule has 2 aliphatic heterocycles. The van der Waals surface area contributed by atoms with Crippen molar-refractivity contribution in [3.05, 3.63) is 35.4 Å². The molecular formula is C21H32N2O. The molecule has 0 aromatic heterocycles. The standard InChI is InChI=1S/C21H32N2O/c1-17-9-13-22(14-10-17)15-18-5-7-19(8-6-18)20(24)23-12-4-11-21(2,3)16-23/h5-8,17H,4,9-16H2,1-3H3. The maximum absolute atomic E-state index is 12.7. The molecule has 2 fully saturated rings. The third-order valence-electron chi connectivity index (χ3n) is 5.67. The summed E-state index contributed by atoms with van der Waals surface area (Å²) in [6, 6.07) is 8.32. The average Bonchev–Trinajstić information content (AvgIpc) is 2.56. The number of hydrogen-bond acceptors (Lipinski definition) is 2. The van der Waals surface area contributed by atoms with Gasteiger partial charge in [-0.2, -0.15) is 0 Å². The van der Waals surface area contributed by atoms with E-state index >= 15 is 0 Å². The number of amides is 1. The minimum Gasteiger partial charge on any atom is -0.338 e. The Morgan fingerprint density at radius 1 is 1.12 bits per heavy atom. The van der Waals surface area contributed by atoms with Gasteiger partial charge < -0.3 is 4.90 Å². The van der Waals surface area contributed by atoms with Crippen molar-refractivity contribution in [2.24, 2.45) is 11.3 Å². The highest BCUT2D eigenvalue weighted by molar-refractivity contribution is 5.94. The van der Waals surface area contributed by atoms with Gasteiger partial charge >= 0.3 is 0 Å². The van der Waals surface area contributed by atoms with Gasteiger partial charge in [0.2, 0.25) is 0 Å². The molecule has 1 aromatic rings. The second kappa shape index (κ2) is 7.26. The Morgan fingerprint density at radius 2 is 1.79 bits per heavy atom. The van der Waals surface area contributed by atoms with E-state index in [1.807, 2.05) is 17.0 Å². The van der Waals surface area contributed by atoms with Gasteiger partial charge in [0.15, 0.2) is 0 Å². The van der Waals surface area contributed by atoms with E-state index in [9.17, 15) is 4.79 Å². The number of hydrogen-bond donors (Lipinski definition) is 0. The van der Waals surface area contributed by atoms with E-state index in [4.69, 9.17) is 0 Å². The lowest BCUT2D eigenvalue weighted by molar-refractivity contribution is 0.0583. The second-order valence-electron chi connectivity index (χ2n) is 8.65. The molecule has 3 heteroatoms. The van der Waals surface area contributed by atoms with Gasteiger partial charge in [-0.25, -0.2) is 0 Å². The molecule has 3 nitrogen and oxygen atoms in total. The summed E-state index contributed by atoms with van der Waals surface area (Å²) in [7, 11) is 0. The van der Waals surface area contributed by atoms with Crippen LogP contribution in [0.2, 0.25) is 0 Å². The largest absolute Gasteiger partial charge is 0.338 e. The van der Waals surface area contributed by atoms with Crippen molar-refractivity contribution < 1.29 is 4.79 Å². The summed E-state index contributed by atoms with van der Waals surface area (Å²) in [5.74, 6) is 1.07. The van der Waals surface area contributed by atoms with Crippen LogP contribution in [0.1, 0.15) is 62.4 Å².